The van der Waals surface area contributed by atoms with Crippen molar-refractivity contribution in [2.45, 2.75) is 31.8 Å². The summed E-state index contributed by atoms with van der Waals surface area (Å²) in [6.45, 7) is 2.90. The van der Waals surface area contributed by atoms with Gasteiger partial charge in [0, 0.05) is 19.6 Å². The molecule has 5 heteroatoms. The van der Waals surface area contributed by atoms with Gasteiger partial charge >= 0.3 is 0 Å². The Kier molecular flexibility index (Phi) is 4.71. The summed E-state index contributed by atoms with van der Waals surface area (Å²) in [5.74, 6) is 0.165. The molecule has 0 saturated carbocycles. The molecule has 19 heavy (non-hydrogen) atoms. The first-order valence-corrected chi connectivity index (χ1v) is 7.24. The number of hydrogen-bond acceptors (Lipinski definition) is 2. The van der Waals surface area contributed by atoms with Crippen molar-refractivity contribution in [3.8, 4) is 0 Å². The largest absolute Gasteiger partial charge is 0.344 e. The molecule has 1 amide bonds. The molecule has 2 rings (SSSR count). The Bertz CT molecular complexity index is 479. The highest BCUT2D eigenvalue weighted by molar-refractivity contribution is 6.42. The lowest BCUT2D eigenvalue weighted by atomic mass is 10.0. The molecule has 2 atom stereocenters. The molecule has 1 aromatic rings. The smallest absolute Gasteiger partial charge is 0.239 e. The maximum Gasteiger partial charge on any atom is 0.239 e. The number of nitrogens with one attached hydrogen (secondary N) is 1. The van der Waals surface area contributed by atoms with Crippen LogP contribution in [0.1, 0.15) is 31.4 Å². The van der Waals surface area contributed by atoms with Gasteiger partial charge in [-0.15, -0.1) is 0 Å². The molecule has 1 aromatic carbocycles. The predicted molar refractivity (Wildman–Crippen MR) is 78.7 cm³/mol. The van der Waals surface area contributed by atoms with E-state index < -0.39 is 0 Å². The quantitative estimate of drug-likeness (QED) is 0.925. The summed E-state index contributed by atoms with van der Waals surface area (Å²) in [6.07, 6.45) is 1.75. The summed E-state index contributed by atoms with van der Waals surface area (Å²) >= 11 is 12.0. The molecule has 1 aliphatic rings. The van der Waals surface area contributed by atoms with E-state index in [1.165, 1.54) is 0 Å². The van der Waals surface area contributed by atoms with Crippen molar-refractivity contribution >= 4 is 29.1 Å². The van der Waals surface area contributed by atoms with Crippen molar-refractivity contribution in [2.75, 3.05) is 13.6 Å². The highest BCUT2D eigenvalue weighted by Crippen LogP contribution is 2.27. The molecule has 3 nitrogen and oxygen atoms in total. The van der Waals surface area contributed by atoms with Gasteiger partial charge in [-0.1, -0.05) is 36.2 Å². The fourth-order valence-corrected chi connectivity index (χ4v) is 2.71. The number of rotatable bonds is 4. The van der Waals surface area contributed by atoms with Gasteiger partial charge in [-0.3, -0.25) is 10.1 Å². The van der Waals surface area contributed by atoms with Gasteiger partial charge in [-0.2, -0.15) is 0 Å². The van der Waals surface area contributed by atoms with Gasteiger partial charge in [-0.25, -0.2) is 0 Å². The number of carbonyl (C=O) groups excluding carboxylic acids is 1. The third kappa shape index (κ3) is 3.22. The number of amides is 1. The van der Waals surface area contributed by atoms with Gasteiger partial charge in [0.05, 0.1) is 16.1 Å². The third-order valence-electron chi connectivity index (χ3n) is 3.58. The Hall–Kier alpha value is -0.770. The zero-order valence-electron chi connectivity index (χ0n) is 11.1. The minimum Gasteiger partial charge on any atom is -0.344 e. The van der Waals surface area contributed by atoms with E-state index in [9.17, 15) is 4.79 Å². The van der Waals surface area contributed by atoms with Gasteiger partial charge in [0.2, 0.25) is 5.91 Å². The van der Waals surface area contributed by atoms with Crippen LogP contribution in [0.2, 0.25) is 10.0 Å². The second-order valence-corrected chi connectivity index (χ2v) is 5.72. The molecule has 1 N–H and O–H groups in total. The number of halogens is 2. The molecule has 2 unspecified atom stereocenters. The van der Waals surface area contributed by atoms with E-state index in [-0.39, 0.29) is 18.0 Å². The Labute approximate surface area is 123 Å². The summed E-state index contributed by atoms with van der Waals surface area (Å²) in [5, 5.41) is 4.52. The number of hydrogen-bond donors (Lipinski definition) is 1. The van der Waals surface area contributed by atoms with Crippen molar-refractivity contribution < 1.29 is 4.79 Å². The van der Waals surface area contributed by atoms with Crippen molar-refractivity contribution in [1.29, 1.82) is 0 Å². The highest BCUT2D eigenvalue weighted by atomic mass is 35.5. The topological polar surface area (TPSA) is 32.3 Å². The summed E-state index contributed by atoms with van der Waals surface area (Å²) in [6, 6.07) is 5.65. The Morgan fingerprint density at radius 1 is 1.42 bits per heavy atom. The Morgan fingerprint density at radius 3 is 2.68 bits per heavy atom. The molecule has 0 aliphatic carbocycles. The minimum atomic E-state index is -0.0931. The molecule has 0 spiro atoms. The Balaban J connectivity index is 2.12. The van der Waals surface area contributed by atoms with Crippen LogP contribution < -0.4 is 5.32 Å². The lowest BCUT2D eigenvalue weighted by Gasteiger charge is -2.21. The van der Waals surface area contributed by atoms with E-state index in [1.54, 1.807) is 11.0 Å². The number of benzene rings is 1. The van der Waals surface area contributed by atoms with E-state index in [1.807, 2.05) is 19.2 Å². The van der Waals surface area contributed by atoms with Crippen molar-refractivity contribution in [2.24, 2.45) is 0 Å². The van der Waals surface area contributed by atoms with Crippen molar-refractivity contribution in [3.63, 3.8) is 0 Å². The number of nitrogens with zero attached hydrogens (tertiary/aromatic N) is 1. The van der Waals surface area contributed by atoms with E-state index in [2.05, 4.69) is 12.2 Å². The average molecular weight is 301 g/mol. The second-order valence-electron chi connectivity index (χ2n) is 4.90. The summed E-state index contributed by atoms with van der Waals surface area (Å²) in [5.41, 5.74) is 1.07. The fraction of sp³-hybridized carbons (Fsp3) is 0.500. The molecule has 0 aromatic heterocycles. The molecular formula is C14H18Cl2N2O. The molecule has 0 radical (unpaired) electrons. The minimum absolute atomic E-state index is 0.0931. The molecule has 104 valence electrons. The second kappa shape index (κ2) is 6.12. The van der Waals surface area contributed by atoms with Crippen LogP contribution in [-0.4, -0.2) is 30.4 Å². The lowest BCUT2D eigenvalue weighted by Crippen LogP contribution is -2.39. The summed E-state index contributed by atoms with van der Waals surface area (Å²) in [4.78, 5) is 13.7. The van der Waals surface area contributed by atoms with Crippen LogP contribution in [0.3, 0.4) is 0 Å². The first-order chi connectivity index (χ1) is 9.02. The van der Waals surface area contributed by atoms with Gasteiger partial charge in [0.1, 0.15) is 0 Å². The zero-order valence-corrected chi connectivity index (χ0v) is 12.6. The zero-order chi connectivity index (χ0) is 14.0. The third-order valence-corrected chi connectivity index (χ3v) is 4.32. The molecule has 1 fully saturated rings. The van der Waals surface area contributed by atoms with E-state index in [0.717, 1.165) is 24.9 Å². The number of carbonyl (C=O) groups is 1. The first-order valence-electron chi connectivity index (χ1n) is 6.49. The van der Waals surface area contributed by atoms with Crippen LogP contribution in [0.25, 0.3) is 0 Å². The van der Waals surface area contributed by atoms with Crippen LogP contribution in [0.4, 0.5) is 0 Å². The normalized spacial score (nSPS) is 20.9. The van der Waals surface area contributed by atoms with Crippen LogP contribution in [0, 0.1) is 0 Å². The first kappa shape index (κ1) is 14.6. The molecular weight excluding hydrogens is 283 g/mol. The molecule has 1 heterocycles. The lowest BCUT2D eigenvalue weighted by molar-refractivity contribution is -0.128. The highest BCUT2D eigenvalue weighted by Gasteiger charge is 2.30. The fourth-order valence-electron chi connectivity index (χ4n) is 2.40. The summed E-state index contributed by atoms with van der Waals surface area (Å²) in [7, 11) is 1.84. The standard InChI is InChI=1S/C14H18Cl2N2O/c1-3-12(9-4-5-10(15)11(16)8-9)17-13-6-7-18(2)14(13)19/h4-5,8,12-13,17H,3,6-7H2,1-2H3. The van der Waals surface area contributed by atoms with Gasteiger partial charge in [0.15, 0.2) is 0 Å². The van der Waals surface area contributed by atoms with Crippen molar-refractivity contribution in [1.82, 2.24) is 10.2 Å². The van der Waals surface area contributed by atoms with E-state index in [4.69, 9.17) is 23.2 Å². The van der Waals surface area contributed by atoms with Crippen molar-refractivity contribution in [3.05, 3.63) is 33.8 Å². The maximum absolute atomic E-state index is 11.9. The maximum atomic E-state index is 11.9. The predicted octanol–water partition coefficient (Wildman–Crippen LogP) is 3.26. The SMILES string of the molecule is CCC(NC1CCN(C)C1=O)c1ccc(Cl)c(Cl)c1. The average Bonchev–Trinajstić information content (AvgIpc) is 2.71. The number of likely N-dealkylation sites (N-methyl/N-ethyl adjacent to an activating group) is 1. The van der Waals surface area contributed by atoms with Crippen LogP contribution in [-0.2, 0) is 4.79 Å². The summed E-state index contributed by atoms with van der Waals surface area (Å²) < 4.78 is 0. The van der Waals surface area contributed by atoms with Crippen LogP contribution in [0.5, 0.6) is 0 Å². The monoisotopic (exact) mass is 300 g/mol. The van der Waals surface area contributed by atoms with E-state index >= 15 is 0 Å². The van der Waals surface area contributed by atoms with Crippen LogP contribution in [0.15, 0.2) is 18.2 Å². The molecule has 0 bridgehead atoms. The molecule has 1 saturated heterocycles. The van der Waals surface area contributed by atoms with Gasteiger partial charge in [0.25, 0.3) is 0 Å². The number of likely N-dealkylation sites (tertiary alicyclic amines) is 1. The Morgan fingerprint density at radius 2 is 2.16 bits per heavy atom. The van der Waals surface area contributed by atoms with Gasteiger partial charge < -0.3 is 4.90 Å². The van der Waals surface area contributed by atoms with Gasteiger partial charge in [-0.05, 0) is 30.5 Å². The van der Waals surface area contributed by atoms with Crippen LogP contribution >= 0.6 is 23.2 Å². The molecule has 1 aliphatic heterocycles. The van der Waals surface area contributed by atoms with E-state index in [0.29, 0.717) is 10.0 Å².